The molecule has 70 heavy (non-hydrogen) atoms. The largest absolute Gasteiger partial charge is 0.481 e. The number of ether oxygens (including phenoxy) is 2. The van der Waals surface area contributed by atoms with Crippen molar-refractivity contribution in [2.45, 2.75) is 209 Å². The van der Waals surface area contributed by atoms with E-state index in [0.717, 1.165) is 79.8 Å². The predicted octanol–water partition coefficient (Wildman–Crippen LogP) is 7.88. The highest BCUT2D eigenvalue weighted by molar-refractivity contribution is 7.47. The Balaban J connectivity index is -0.000000237. The van der Waals surface area contributed by atoms with E-state index in [1.54, 1.807) is 0 Å². The number of hydrogen-bond donors (Lipinski definition) is 10. The predicted molar refractivity (Wildman–Crippen MR) is 271 cm³/mol. The van der Waals surface area contributed by atoms with Crippen LogP contribution in [-0.2, 0) is 56.6 Å². The highest BCUT2D eigenvalue weighted by atomic mass is 31.2. The average Bonchev–Trinajstić information content (AvgIpc) is 3.24. The lowest BCUT2D eigenvalue weighted by Gasteiger charge is -2.19. The molecule has 0 rings (SSSR count). The Morgan fingerprint density at radius 2 is 0.743 bits per heavy atom. The van der Waals surface area contributed by atoms with Crippen LogP contribution in [0.15, 0.2) is 0 Å². The molecular weight excluding hydrogens is 940 g/mol. The van der Waals surface area contributed by atoms with Crippen LogP contribution in [0.25, 0.3) is 0 Å². The summed E-state index contributed by atoms with van der Waals surface area (Å²) in [5.74, 6) is -4.99. The van der Waals surface area contributed by atoms with Gasteiger partial charge in [0.05, 0.1) is 13.2 Å². The van der Waals surface area contributed by atoms with Gasteiger partial charge in [0.1, 0.15) is 6.61 Å². The molecule has 0 aromatic heterocycles. The lowest BCUT2D eigenvalue weighted by Crippen LogP contribution is -2.29. The summed E-state index contributed by atoms with van der Waals surface area (Å²) in [4.78, 5) is 79.5. The van der Waals surface area contributed by atoms with E-state index in [-0.39, 0.29) is 38.6 Å². The van der Waals surface area contributed by atoms with Crippen LogP contribution in [0.5, 0.6) is 0 Å². The average molecular weight is 1040 g/mol. The number of carboxylic acids is 5. The van der Waals surface area contributed by atoms with Gasteiger partial charge in [0.2, 0.25) is 0 Å². The van der Waals surface area contributed by atoms with Crippen molar-refractivity contribution in [2.24, 2.45) is 17.2 Å². The molecule has 13 N–H and O–H groups in total. The van der Waals surface area contributed by atoms with Crippen LogP contribution in [0.4, 0.5) is 0 Å². The van der Waals surface area contributed by atoms with Crippen LogP contribution < -0.4 is 22.5 Å². The number of unbranched alkanes of at least 4 members (excludes halogenated alkanes) is 20. The first kappa shape index (κ1) is 80.3. The maximum atomic E-state index is 12.4. The van der Waals surface area contributed by atoms with Crippen molar-refractivity contribution >= 4 is 49.6 Å². The van der Waals surface area contributed by atoms with E-state index >= 15 is 0 Å². The van der Waals surface area contributed by atoms with Gasteiger partial charge in [0.15, 0.2) is 6.10 Å². The van der Waals surface area contributed by atoms with Gasteiger partial charge in [-0.05, 0) is 12.8 Å². The van der Waals surface area contributed by atoms with E-state index in [2.05, 4.69) is 19.2 Å². The summed E-state index contributed by atoms with van der Waals surface area (Å²) in [7, 11) is -4.35. The number of carbonyl (C=O) groups is 7. The minimum Gasteiger partial charge on any atom is -0.481 e. The molecule has 0 spiro atoms. The quantitative estimate of drug-likeness (QED) is 0.0161. The Bertz CT molecular complexity index is 1160. The molecule has 0 aliphatic heterocycles. The van der Waals surface area contributed by atoms with Crippen molar-refractivity contribution in [3.8, 4) is 0 Å². The number of carboxylic acid groups (broad SMARTS) is 5. The highest BCUT2D eigenvalue weighted by Gasteiger charge is 2.26. The fraction of sp³-hybridized carbons (Fsp3) is 0.851. The third-order valence-corrected chi connectivity index (χ3v) is 9.12. The molecule has 0 aliphatic carbocycles. The first-order valence-corrected chi connectivity index (χ1v) is 26.2. The second-order valence-electron chi connectivity index (χ2n) is 15.7. The maximum absolute atomic E-state index is 12.4. The number of carbonyl (C=O) groups excluding carboxylic acids is 2. The molecule has 1 unspecified atom stereocenters. The summed E-state index contributed by atoms with van der Waals surface area (Å²) in [6.45, 7) is 12.3. The SMILES string of the molecule is CC(=O)O.CC(=O)O.CC(=O)O.CC(=O)O.CC(=O)O.CCCCCCCCCCCCCC(=O)OC[C@H](COP(=O)(O)OCCN)OC(=O)CCCCCCCCCCCCC.NCCNCCN. The maximum Gasteiger partial charge on any atom is 0.472 e. The van der Waals surface area contributed by atoms with Gasteiger partial charge in [-0.3, -0.25) is 42.6 Å². The molecule has 23 heteroatoms. The van der Waals surface area contributed by atoms with Gasteiger partial charge in [0, 0.05) is 80.2 Å². The fourth-order valence-electron chi connectivity index (χ4n) is 5.20. The van der Waals surface area contributed by atoms with Crippen LogP contribution in [0.2, 0.25) is 0 Å². The van der Waals surface area contributed by atoms with Crippen LogP contribution >= 0.6 is 7.82 Å². The molecule has 0 amide bonds. The van der Waals surface area contributed by atoms with Crippen molar-refractivity contribution in [3.05, 3.63) is 0 Å². The molecule has 0 aromatic carbocycles. The van der Waals surface area contributed by atoms with Gasteiger partial charge in [-0.25, -0.2) is 4.57 Å². The Morgan fingerprint density at radius 3 is 1.03 bits per heavy atom. The van der Waals surface area contributed by atoms with Crippen LogP contribution in [0.3, 0.4) is 0 Å². The molecule has 2 atom stereocenters. The van der Waals surface area contributed by atoms with Crippen molar-refractivity contribution in [1.82, 2.24) is 5.32 Å². The Morgan fingerprint density at radius 1 is 0.457 bits per heavy atom. The van der Waals surface area contributed by atoms with Crippen molar-refractivity contribution in [3.63, 3.8) is 0 Å². The van der Waals surface area contributed by atoms with Gasteiger partial charge >= 0.3 is 19.8 Å². The van der Waals surface area contributed by atoms with Crippen LogP contribution in [-0.4, -0.2) is 131 Å². The topological polar surface area (TPSA) is 385 Å². The van der Waals surface area contributed by atoms with Crippen LogP contribution in [0, 0.1) is 0 Å². The summed E-state index contributed by atoms with van der Waals surface area (Å²) in [5, 5.41) is 40.1. The normalized spacial score (nSPS) is 11.0. The number of nitrogens with two attached hydrogens (primary N) is 3. The number of phosphoric acid groups is 1. The fourth-order valence-corrected chi connectivity index (χ4v) is 5.96. The van der Waals surface area contributed by atoms with E-state index in [9.17, 15) is 19.0 Å². The van der Waals surface area contributed by atoms with Gasteiger partial charge in [-0.15, -0.1) is 0 Å². The summed E-state index contributed by atoms with van der Waals surface area (Å²) in [6, 6.07) is 0. The van der Waals surface area contributed by atoms with Crippen molar-refractivity contribution < 1.29 is 87.1 Å². The van der Waals surface area contributed by atoms with Gasteiger partial charge < -0.3 is 62.4 Å². The van der Waals surface area contributed by atoms with E-state index in [0.29, 0.717) is 19.5 Å². The van der Waals surface area contributed by atoms with Gasteiger partial charge in [-0.1, -0.05) is 142 Å². The smallest absolute Gasteiger partial charge is 0.472 e. The van der Waals surface area contributed by atoms with E-state index < -0.39 is 56.3 Å². The second kappa shape index (κ2) is 67.3. The minimum absolute atomic E-state index is 0.0575. The number of nitrogens with one attached hydrogen (secondary N) is 1. The number of esters is 2. The standard InChI is InChI=1S/C33H66NO8P.C4H13N3.5C2H4O2/c1-3-5-7-9-11-13-15-17-19-21-23-25-32(35)39-29-31(30-41-43(37,38)40-28-27-34)42-33(36)26-24-22-20-18-16-14-12-10-8-6-4-2;5-1-3-7-4-2-6;5*1-2(3)4/h31H,3-30,34H2,1-2H3,(H,37,38);7H,1-6H2;5*1H3,(H,3,4)/t31-;;;;;;/m1....../s1. The molecule has 420 valence electrons. The summed E-state index contributed by atoms with van der Waals surface area (Å²) in [6.07, 6.45) is 25.6. The van der Waals surface area contributed by atoms with Crippen molar-refractivity contribution in [1.29, 1.82) is 0 Å². The number of hydrogen-bond acceptors (Lipinski definition) is 16. The van der Waals surface area contributed by atoms with E-state index in [1.807, 2.05) is 0 Å². The zero-order chi connectivity index (χ0) is 55.3. The zero-order valence-electron chi connectivity index (χ0n) is 44.0. The molecular formula is C47H99N4O18P. The third-order valence-electron chi connectivity index (χ3n) is 8.14. The van der Waals surface area contributed by atoms with E-state index in [1.165, 1.54) is 103 Å². The first-order chi connectivity index (χ1) is 32.9. The monoisotopic (exact) mass is 1040 g/mol. The first-order valence-electron chi connectivity index (χ1n) is 24.7. The number of aliphatic carboxylic acids is 5. The number of rotatable bonds is 37. The molecule has 22 nitrogen and oxygen atoms in total. The highest BCUT2D eigenvalue weighted by Crippen LogP contribution is 2.43. The van der Waals surface area contributed by atoms with Crippen LogP contribution in [0.1, 0.15) is 203 Å². The summed E-state index contributed by atoms with van der Waals surface area (Å²) in [5.41, 5.74) is 15.6. The molecule has 0 radical (unpaired) electrons. The minimum atomic E-state index is -4.35. The molecule has 0 bridgehead atoms. The summed E-state index contributed by atoms with van der Waals surface area (Å²) >= 11 is 0. The molecule has 0 fully saturated rings. The molecule has 0 heterocycles. The van der Waals surface area contributed by atoms with E-state index in [4.69, 9.17) is 85.2 Å². The molecule has 0 saturated carbocycles. The second-order valence-corrected chi connectivity index (χ2v) is 17.1. The molecule has 0 aromatic rings. The summed E-state index contributed by atoms with van der Waals surface area (Å²) < 4.78 is 32.5. The van der Waals surface area contributed by atoms with Crippen molar-refractivity contribution in [2.75, 3.05) is 52.5 Å². The van der Waals surface area contributed by atoms with Gasteiger partial charge in [-0.2, -0.15) is 0 Å². The zero-order valence-corrected chi connectivity index (χ0v) is 44.9. The van der Waals surface area contributed by atoms with Gasteiger partial charge in [0.25, 0.3) is 29.8 Å². The third kappa shape index (κ3) is 120. The lowest BCUT2D eigenvalue weighted by molar-refractivity contribution is -0.161. The Hall–Kier alpha value is -3.76. The Kier molecular flexibility index (Phi) is 77.3. The number of phosphoric ester groups is 1. The lowest BCUT2D eigenvalue weighted by atomic mass is 10.1. The molecule has 0 saturated heterocycles. The Labute approximate surface area is 419 Å². The molecule has 0 aliphatic rings.